The van der Waals surface area contributed by atoms with Crippen molar-refractivity contribution in [2.75, 3.05) is 6.61 Å². The van der Waals surface area contributed by atoms with Crippen LogP contribution in [-0.4, -0.2) is 23.6 Å². The number of aromatic nitrogens is 1. The molecular formula is C11H10FNO7. The summed E-state index contributed by atoms with van der Waals surface area (Å²) in [6.45, 7) is 1.61. The molecule has 0 atom stereocenters. The molecule has 0 saturated carbocycles. The minimum atomic E-state index is -2.16. The van der Waals surface area contributed by atoms with Crippen molar-refractivity contribution in [2.24, 2.45) is 0 Å². The van der Waals surface area contributed by atoms with Crippen LogP contribution in [0, 0.1) is 0 Å². The lowest BCUT2D eigenvalue weighted by molar-refractivity contribution is -0.268. The molecule has 0 aliphatic heterocycles. The van der Waals surface area contributed by atoms with E-state index < -0.39 is 23.3 Å². The van der Waals surface area contributed by atoms with Crippen LogP contribution in [0.4, 0.5) is 4.39 Å². The molecule has 2 aromatic rings. The molecule has 2 aromatic heterocycles. The van der Waals surface area contributed by atoms with Gasteiger partial charge in [0.1, 0.15) is 0 Å². The number of carbonyl (C=O) groups is 2. The molecule has 9 heteroatoms. The van der Waals surface area contributed by atoms with Gasteiger partial charge in [0.15, 0.2) is 0 Å². The van der Waals surface area contributed by atoms with Crippen LogP contribution in [-0.2, 0) is 19.4 Å². The van der Waals surface area contributed by atoms with Gasteiger partial charge in [0, 0.05) is 12.4 Å². The molecular weight excluding hydrogens is 277 g/mol. The first kappa shape index (κ1) is 17.3. The van der Waals surface area contributed by atoms with Crippen LogP contribution in [0.1, 0.15) is 6.92 Å². The van der Waals surface area contributed by atoms with E-state index in [4.69, 9.17) is 0 Å². The van der Waals surface area contributed by atoms with Gasteiger partial charge in [-0.2, -0.15) is 9.28 Å². The van der Waals surface area contributed by atoms with Gasteiger partial charge in [-0.05, 0) is 19.1 Å². The summed E-state index contributed by atoms with van der Waals surface area (Å²) in [7, 11) is 0. The monoisotopic (exact) mass is 287 g/mol. The standard InChI is InChI=1S/C5H5N.C4H5FO4.C2O3/c1-2-4-6-5-3-1;1-2-8-9-4(7)3(5)6;3-1-2(4)5-1/h1-5H;2H2,1H3;. The highest BCUT2D eigenvalue weighted by Crippen LogP contribution is 1.82. The van der Waals surface area contributed by atoms with Crippen LogP contribution in [0.2, 0.25) is 0 Å². The van der Waals surface area contributed by atoms with E-state index in [-0.39, 0.29) is 6.61 Å². The van der Waals surface area contributed by atoms with Gasteiger partial charge in [-0.25, -0.2) is 19.2 Å². The zero-order valence-corrected chi connectivity index (χ0v) is 10.3. The SMILES string of the molecule is CCOOC(=O)C(=O)F.O=c1oc1=O.c1ccncc1. The minimum absolute atomic E-state index is 0.0824. The molecule has 0 aliphatic rings. The molecule has 0 aromatic carbocycles. The Kier molecular flexibility index (Phi) is 8.89. The second kappa shape index (κ2) is 10.3. The lowest BCUT2D eigenvalue weighted by Gasteiger charge is -1.93. The van der Waals surface area contributed by atoms with Gasteiger partial charge in [0.05, 0.1) is 6.61 Å². The van der Waals surface area contributed by atoms with Gasteiger partial charge in [-0.15, -0.1) is 0 Å². The molecule has 0 bridgehead atoms. The van der Waals surface area contributed by atoms with Gasteiger partial charge < -0.3 is 4.42 Å². The third-order valence-electron chi connectivity index (χ3n) is 1.29. The lowest BCUT2D eigenvalue weighted by Crippen LogP contribution is -2.12. The average Bonchev–Trinajstić information content (AvgIpc) is 3.12. The first-order valence-electron chi connectivity index (χ1n) is 5.13. The predicted octanol–water partition coefficient (Wildman–Crippen LogP) is -0.0656. The number of hydrogen-bond acceptors (Lipinski definition) is 8. The Morgan fingerprint density at radius 1 is 1.20 bits per heavy atom. The third kappa shape index (κ3) is 10.5. The lowest BCUT2D eigenvalue weighted by atomic mass is 10.5. The van der Waals surface area contributed by atoms with E-state index in [1.807, 2.05) is 18.2 Å². The molecule has 0 amide bonds. The smallest absolute Gasteiger partial charge is 0.376 e. The number of nitrogens with zero attached hydrogens (tertiary/aromatic N) is 1. The van der Waals surface area contributed by atoms with Gasteiger partial charge in [-0.1, -0.05) is 6.07 Å². The van der Waals surface area contributed by atoms with Crippen LogP contribution in [0.25, 0.3) is 0 Å². The average molecular weight is 287 g/mol. The molecule has 0 aliphatic carbocycles. The van der Waals surface area contributed by atoms with Gasteiger partial charge in [0.25, 0.3) is 0 Å². The number of rotatable bonds is 3. The van der Waals surface area contributed by atoms with E-state index >= 15 is 0 Å². The molecule has 0 unspecified atom stereocenters. The fraction of sp³-hybridized carbons (Fsp3) is 0.182. The van der Waals surface area contributed by atoms with Gasteiger partial charge >= 0.3 is 23.3 Å². The zero-order chi connectivity index (χ0) is 15.4. The number of pyridine rings is 1. The van der Waals surface area contributed by atoms with Crippen molar-refractivity contribution in [3.63, 3.8) is 0 Å². The molecule has 2 rings (SSSR count). The van der Waals surface area contributed by atoms with E-state index in [0.717, 1.165) is 0 Å². The summed E-state index contributed by atoms with van der Waals surface area (Å²) in [6.07, 6.45) is 3.50. The van der Waals surface area contributed by atoms with Crippen LogP contribution < -0.4 is 11.3 Å². The first-order chi connectivity index (χ1) is 9.49. The molecule has 8 nitrogen and oxygen atoms in total. The summed E-state index contributed by atoms with van der Waals surface area (Å²) < 4.78 is 14.9. The maximum atomic E-state index is 11.2. The summed E-state index contributed by atoms with van der Waals surface area (Å²) in [5.74, 6) is -1.63. The third-order valence-corrected chi connectivity index (χ3v) is 1.29. The largest absolute Gasteiger partial charge is 0.442 e. The van der Waals surface area contributed by atoms with Crippen molar-refractivity contribution in [3.05, 3.63) is 51.4 Å². The van der Waals surface area contributed by atoms with Crippen molar-refractivity contribution < 1.29 is 28.2 Å². The van der Waals surface area contributed by atoms with E-state index in [2.05, 4.69) is 19.2 Å². The van der Waals surface area contributed by atoms with Crippen molar-refractivity contribution in [3.8, 4) is 0 Å². The molecule has 0 spiro atoms. The van der Waals surface area contributed by atoms with E-state index in [1.165, 1.54) is 6.92 Å². The van der Waals surface area contributed by atoms with Crippen molar-refractivity contribution in [2.45, 2.75) is 6.92 Å². The van der Waals surface area contributed by atoms with E-state index in [0.29, 0.717) is 0 Å². The van der Waals surface area contributed by atoms with Crippen LogP contribution in [0.5, 0.6) is 0 Å². The van der Waals surface area contributed by atoms with Crippen LogP contribution in [0.3, 0.4) is 0 Å². The molecule has 0 saturated heterocycles. The Morgan fingerprint density at radius 2 is 1.70 bits per heavy atom. The molecule has 108 valence electrons. The van der Waals surface area contributed by atoms with Crippen LogP contribution in [0.15, 0.2) is 44.6 Å². The predicted molar refractivity (Wildman–Crippen MR) is 61.7 cm³/mol. The summed E-state index contributed by atoms with van der Waals surface area (Å²) in [5.41, 5.74) is -1.44. The Balaban J connectivity index is 0.000000283. The molecule has 0 N–H and O–H groups in total. The quantitative estimate of drug-likeness (QED) is 0.334. The van der Waals surface area contributed by atoms with E-state index in [9.17, 15) is 23.6 Å². The van der Waals surface area contributed by atoms with Crippen molar-refractivity contribution in [1.29, 1.82) is 0 Å². The first-order valence-corrected chi connectivity index (χ1v) is 5.13. The topological polar surface area (TPSA) is 113 Å². The molecule has 0 fully saturated rings. The Morgan fingerprint density at radius 3 is 1.90 bits per heavy atom. The molecule has 0 radical (unpaired) electrons. The van der Waals surface area contributed by atoms with Gasteiger partial charge in [0.2, 0.25) is 0 Å². The fourth-order valence-corrected chi connectivity index (χ4v) is 0.516. The number of carbonyl (C=O) groups excluding carboxylic acids is 2. The van der Waals surface area contributed by atoms with Crippen LogP contribution >= 0.6 is 0 Å². The second-order valence-electron chi connectivity index (χ2n) is 2.75. The fourth-order valence-electron chi connectivity index (χ4n) is 0.516. The van der Waals surface area contributed by atoms with Crippen molar-refractivity contribution >= 4 is 12.0 Å². The summed E-state index contributed by atoms with van der Waals surface area (Å²) in [6, 6.07) is 3.55. The van der Waals surface area contributed by atoms with Gasteiger partial charge in [-0.3, -0.25) is 9.87 Å². The normalized spacial score (nSPS) is 8.70. The second-order valence-corrected chi connectivity index (χ2v) is 2.75. The zero-order valence-electron chi connectivity index (χ0n) is 10.3. The summed E-state index contributed by atoms with van der Waals surface area (Å²) >= 11 is 0. The Labute approximate surface area is 111 Å². The van der Waals surface area contributed by atoms with Crippen molar-refractivity contribution in [1.82, 2.24) is 4.98 Å². The highest BCUT2D eigenvalue weighted by molar-refractivity contribution is 6.28. The Hall–Kier alpha value is -2.68. The van der Waals surface area contributed by atoms with E-state index in [1.54, 1.807) is 12.4 Å². The summed E-state index contributed by atoms with van der Waals surface area (Å²) in [5, 5.41) is 0. The number of hydrogen-bond donors (Lipinski definition) is 0. The Bertz CT molecular complexity index is 525. The molecule has 20 heavy (non-hydrogen) atoms. The maximum absolute atomic E-state index is 11.2. The highest BCUT2D eigenvalue weighted by atomic mass is 19.1. The summed E-state index contributed by atoms with van der Waals surface area (Å²) in [4.78, 5) is 49.2. The number of halogens is 1. The minimum Gasteiger partial charge on any atom is -0.376 e. The highest BCUT2D eigenvalue weighted by Gasteiger charge is 2.14. The molecule has 2 heterocycles. The maximum Gasteiger partial charge on any atom is 0.442 e.